The van der Waals surface area contributed by atoms with Crippen molar-refractivity contribution in [3.8, 4) is 11.4 Å². The molecule has 0 aliphatic carbocycles. The van der Waals surface area contributed by atoms with Crippen molar-refractivity contribution < 1.29 is 9.53 Å². The van der Waals surface area contributed by atoms with Crippen molar-refractivity contribution in [2.45, 2.75) is 12.2 Å². The molecule has 4 rings (SSSR count). The molecule has 0 unspecified atom stereocenters. The standard InChI is InChI=1S/C20H18ClN3O2S/c1-12-18-19(13-3-5-14(21)6-4-13)27-11-17(25)22-20(18)24(23-12)15-7-9-16(26-2)10-8-15/h3-10,19H,11H2,1-2H3,(H,22,25)/t19-/m0/s1. The minimum Gasteiger partial charge on any atom is -0.497 e. The summed E-state index contributed by atoms with van der Waals surface area (Å²) in [6.45, 7) is 1.97. The lowest BCUT2D eigenvalue weighted by Gasteiger charge is -2.15. The van der Waals surface area contributed by atoms with Crippen LogP contribution in [-0.2, 0) is 4.79 Å². The van der Waals surface area contributed by atoms with Gasteiger partial charge >= 0.3 is 0 Å². The minimum atomic E-state index is -0.0348. The number of hydrogen-bond acceptors (Lipinski definition) is 4. The van der Waals surface area contributed by atoms with E-state index in [0.29, 0.717) is 16.6 Å². The quantitative estimate of drug-likeness (QED) is 0.698. The van der Waals surface area contributed by atoms with Crippen LogP contribution in [0.15, 0.2) is 48.5 Å². The van der Waals surface area contributed by atoms with E-state index in [1.165, 1.54) is 0 Å². The number of methoxy groups -OCH3 is 1. The summed E-state index contributed by atoms with van der Waals surface area (Å²) in [5.74, 6) is 1.83. The Kier molecular flexibility index (Phi) is 4.85. The average Bonchev–Trinajstić information content (AvgIpc) is 2.88. The number of thioether (sulfide) groups is 1. The molecule has 0 radical (unpaired) electrons. The van der Waals surface area contributed by atoms with Gasteiger partial charge in [-0.2, -0.15) is 5.10 Å². The van der Waals surface area contributed by atoms with Gasteiger partial charge in [-0.05, 0) is 48.9 Å². The summed E-state index contributed by atoms with van der Waals surface area (Å²) in [4.78, 5) is 12.4. The first-order chi connectivity index (χ1) is 13.1. The van der Waals surface area contributed by atoms with Crippen LogP contribution < -0.4 is 10.1 Å². The third kappa shape index (κ3) is 3.42. The third-order valence-electron chi connectivity index (χ3n) is 4.50. The number of ether oxygens (including phenoxy) is 1. The van der Waals surface area contributed by atoms with E-state index in [2.05, 4.69) is 5.32 Å². The first-order valence-corrected chi connectivity index (χ1v) is 9.90. The van der Waals surface area contributed by atoms with Gasteiger partial charge in [0, 0.05) is 10.6 Å². The van der Waals surface area contributed by atoms with Gasteiger partial charge in [-0.3, -0.25) is 4.79 Å². The van der Waals surface area contributed by atoms with Gasteiger partial charge in [0.1, 0.15) is 11.6 Å². The van der Waals surface area contributed by atoms with Crippen molar-refractivity contribution in [1.82, 2.24) is 9.78 Å². The smallest absolute Gasteiger partial charge is 0.235 e. The molecule has 1 aliphatic heterocycles. The molecule has 7 heteroatoms. The van der Waals surface area contributed by atoms with E-state index in [-0.39, 0.29) is 11.2 Å². The SMILES string of the molecule is COc1ccc(-n2nc(C)c3c2NC(=O)CS[C@H]3c2ccc(Cl)cc2)cc1. The highest BCUT2D eigenvalue weighted by molar-refractivity contribution is 8.00. The van der Waals surface area contributed by atoms with Crippen LogP contribution >= 0.6 is 23.4 Å². The highest BCUT2D eigenvalue weighted by Crippen LogP contribution is 2.44. The zero-order valence-corrected chi connectivity index (χ0v) is 16.5. The molecular weight excluding hydrogens is 382 g/mol. The lowest BCUT2D eigenvalue weighted by molar-refractivity contribution is -0.113. The molecule has 3 aromatic rings. The number of hydrogen-bond donors (Lipinski definition) is 1. The number of rotatable bonds is 3. The fraction of sp³-hybridized carbons (Fsp3) is 0.200. The first kappa shape index (κ1) is 17.9. The van der Waals surface area contributed by atoms with Crippen LogP contribution in [-0.4, -0.2) is 28.6 Å². The molecule has 0 saturated heterocycles. The maximum atomic E-state index is 12.4. The van der Waals surface area contributed by atoms with Crippen LogP contribution in [0, 0.1) is 6.92 Å². The Hall–Kier alpha value is -2.44. The third-order valence-corrected chi connectivity index (χ3v) is 6.02. The summed E-state index contributed by atoms with van der Waals surface area (Å²) in [7, 11) is 1.63. The number of nitrogens with zero attached hydrogens (tertiary/aromatic N) is 2. The van der Waals surface area contributed by atoms with E-state index < -0.39 is 0 Å². The van der Waals surface area contributed by atoms with E-state index in [4.69, 9.17) is 21.4 Å². The molecular formula is C20H18ClN3O2S. The zero-order valence-electron chi connectivity index (χ0n) is 14.9. The fourth-order valence-corrected chi connectivity index (χ4v) is 4.51. The van der Waals surface area contributed by atoms with Crippen LogP contribution in [0.2, 0.25) is 5.02 Å². The number of halogens is 1. The Morgan fingerprint density at radius 2 is 1.89 bits per heavy atom. The molecule has 0 fully saturated rings. The molecule has 0 bridgehead atoms. The van der Waals surface area contributed by atoms with Crippen LogP contribution in [0.1, 0.15) is 22.1 Å². The Bertz CT molecular complexity index is 984. The Morgan fingerprint density at radius 1 is 1.19 bits per heavy atom. The maximum absolute atomic E-state index is 12.4. The number of anilines is 1. The number of amides is 1. The molecule has 138 valence electrons. The van der Waals surface area contributed by atoms with E-state index in [1.54, 1.807) is 23.6 Å². The Labute approximate surface area is 166 Å². The molecule has 1 aromatic heterocycles. The van der Waals surface area contributed by atoms with Crippen molar-refractivity contribution in [3.05, 3.63) is 70.4 Å². The molecule has 2 aromatic carbocycles. The van der Waals surface area contributed by atoms with E-state index in [1.807, 2.05) is 55.5 Å². The van der Waals surface area contributed by atoms with Crippen LogP contribution in [0.5, 0.6) is 5.75 Å². The molecule has 2 heterocycles. The summed E-state index contributed by atoms with van der Waals surface area (Å²) in [5, 5.41) is 8.44. The van der Waals surface area contributed by atoms with Crippen molar-refractivity contribution in [1.29, 1.82) is 0 Å². The molecule has 1 amide bonds. The lowest BCUT2D eigenvalue weighted by Crippen LogP contribution is -2.15. The van der Waals surface area contributed by atoms with Gasteiger partial charge in [0.15, 0.2) is 0 Å². The van der Waals surface area contributed by atoms with Gasteiger partial charge in [-0.1, -0.05) is 23.7 Å². The first-order valence-electron chi connectivity index (χ1n) is 8.47. The predicted octanol–water partition coefficient (Wildman–Crippen LogP) is 4.62. The highest BCUT2D eigenvalue weighted by atomic mass is 35.5. The predicted molar refractivity (Wildman–Crippen MR) is 109 cm³/mol. The van der Waals surface area contributed by atoms with Crippen LogP contribution in [0.3, 0.4) is 0 Å². The number of aryl methyl sites for hydroxylation is 1. The summed E-state index contributed by atoms with van der Waals surface area (Å²) in [5.41, 5.74) is 3.86. The number of aromatic nitrogens is 2. The average molecular weight is 400 g/mol. The van der Waals surface area contributed by atoms with Gasteiger partial charge in [0.25, 0.3) is 0 Å². The molecule has 0 saturated carbocycles. The summed E-state index contributed by atoms with van der Waals surface area (Å²) < 4.78 is 7.02. The monoisotopic (exact) mass is 399 g/mol. The number of nitrogens with one attached hydrogen (secondary N) is 1. The van der Waals surface area contributed by atoms with E-state index in [9.17, 15) is 4.79 Å². The molecule has 27 heavy (non-hydrogen) atoms. The fourth-order valence-electron chi connectivity index (χ4n) is 3.19. The molecule has 0 spiro atoms. The van der Waals surface area contributed by atoms with Gasteiger partial charge in [-0.25, -0.2) is 4.68 Å². The number of benzene rings is 2. The number of carbonyl (C=O) groups is 1. The largest absolute Gasteiger partial charge is 0.497 e. The van der Waals surface area contributed by atoms with Crippen molar-refractivity contribution in [2.75, 3.05) is 18.2 Å². The van der Waals surface area contributed by atoms with Crippen molar-refractivity contribution in [3.63, 3.8) is 0 Å². The molecule has 1 atom stereocenters. The second-order valence-corrected chi connectivity index (χ2v) is 7.78. The highest BCUT2D eigenvalue weighted by Gasteiger charge is 2.30. The van der Waals surface area contributed by atoms with Gasteiger partial charge < -0.3 is 10.1 Å². The van der Waals surface area contributed by atoms with Gasteiger partial charge in [-0.15, -0.1) is 11.8 Å². The summed E-state index contributed by atoms with van der Waals surface area (Å²) >= 11 is 7.64. The minimum absolute atomic E-state index is 0.00298. The van der Waals surface area contributed by atoms with Crippen LogP contribution in [0.25, 0.3) is 5.69 Å². The second kappa shape index (κ2) is 7.29. The Morgan fingerprint density at radius 3 is 2.56 bits per heavy atom. The van der Waals surface area contributed by atoms with Crippen molar-refractivity contribution >= 4 is 35.1 Å². The van der Waals surface area contributed by atoms with E-state index >= 15 is 0 Å². The molecule has 1 N–H and O–H groups in total. The topological polar surface area (TPSA) is 56.1 Å². The molecule has 1 aliphatic rings. The van der Waals surface area contributed by atoms with E-state index in [0.717, 1.165) is 28.3 Å². The van der Waals surface area contributed by atoms with Gasteiger partial charge in [0.2, 0.25) is 5.91 Å². The Balaban J connectivity index is 1.84. The van der Waals surface area contributed by atoms with Gasteiger partial charge in [0.05, 0.1) is 29.5 Å². The van der Waals surface area contributed by atoms with Crippen molar-refractivity contribution in [2.24, 2.45) is 0 Å². The number of carbonyl (C=O) groups excluding carboxylic acids is 1. The zero-order chi connectivity index (χ0) is 19.0. The summed E-state index contributed by atoms with van der Waals surface area (Å²) in [6.07, 6.45) is 0. The second-order valence-electron chi connectivity index (χ2n) is 6.25. The van der Waals surface area contributed by atoms with Crippen LogP contribution in [0.4, 0.5) is 5.82 Å². The molecule has 5 nitrogen and oxygen atoms in total. The normalized spacial score (nSPS) is 16.4. The number of fused-ring (bicyclic) bond motifs is 1. The maximum Gasteiger partial charge on any atom is 0.235 e. The lowest BCUT2D eigenvalue weighted by atomic mass is 10.0. The summed E-state index contributed by atoms with van der Waals surface area (Å²) in [6, 6.07) is 15.4.